The van der Waals surface area contributed by atoms with Gasteiger partial charge in [0.15, 0.2) is 0 Å². The van der Waals surface area contributed by atoms with Crippen molar-refractivity contribution in [2.45, 2.75) is 25.3 Å². The number of nitrogens with zero attached hydrogens (tertiary/aromatic N) is 4. The number of likely N-dealkylation sites (tertiary alicyclic amines) is 1. The zero-order chi connectivity index (χ0) is 18.5. The lowest BCUT2D eigenvalue weighted by molar-refractivity contribution is -0.127. The quantitative estimate of drug-likeness (QED) is 0.588. The van der Waals surface area contributed by atoms with E-state index in [-0.39, 0.29) is 5.92 Å². The zero-order valence-electron chi connectivity index (χ0n) is 15.5. The van der Waals surface area contributed by atoms with Crippen molar-refractivity contribution >= 4 is 11.7 Å². The normalized spacial score (nSPS) is 17.5. The number of rotatable bonds is 6. The van der Waals surface area contributed by atoms with E-state index < -0.39 is 11.7 Å². The first-order valence-corrected chi connectivity index (χ1v) is 9.10. The van der Waals surface area contributed by atoms with Gasteiger partial charge in [-0.3, -0.25) is 9.59 Å². The summed E-state index contributed by atoms with van der Waals surface area (Å²) < 4.78 is 2.16. The van der Waals surface area contributed by atoms with Crippen molar-refractivity contribution in [3.63, 3.8) is 0 Å². The van der Waals surface area contributed by atoms with Crippen molar-refractivity contribution in [2.24, 2.45) is 0 Å². The SMILES string of the molecule is CN(C)CCn1ccnc1[C@H]1CCCN(C(=O)C(=O)c2ccccc2)C1. The first-order valence-electron chi connectivity index (χ1n) is 9.10. The highest BCUT2D eigenvalue weighted by atomic mass is 16.2. The molecule has 138 valence electrons. The highest BCUT2D eigenvalue weighted by Crippen LogP contribution is 2.26. The number of likely N-dealkylation sites (N-methyl/N-ethyl adjacent to an activating group) is 1. The standard InChI is InChI=1S/C20H26N4O2/c1-22(2)13-14-23-12-10-21-19(23)17-9-6-11-24(15-17)20(26)18(25)16-7-4-3-5-8-16/h3-5,7-8,10,12,17H,6,9,11,13-15H2,1-2H3/t17-/m0/s1. The first kappa shape index (κ1) is 18.3. The van der Waals surface area contributed by atoms with Gasteiger partial charge in [-0.05, 0) is 26.9 Å². The maximum atomic E-state index is 12.7. The molecule has 6 nitrogen and oxygen atoms in total. The van der Waals surface area contributed by atoms with Crippen LogP contribution in [0.25, 0.3) is 0 Å². The maximum absolute atomic E-state index is 12.7. The van der Waals surface area contributed by atoms with Crippen LogP contribution >= 0.6 is 0 Å². The van der Waals surface area contributed by atoms with Gasteiger partial charge in [0.25, 0.3) is 5.91 Å². The molecule has 3 rings (SSSR count). The molecule has 0 aliphatic carbocycles. The molecule has 2 heterocycles. The molecule has 0 N–H and O–H groups in total. The largest absolute Gasteiger partial charge is 0.335 e. The Balaban J connectivity index is 1.69. The second-order valence-corrected chi connectivity index (χ2v) is 7.07. The predicted octanol–water partition coefficient (Wildman–Crippen LogP) is 2.03. The third kappa shape index (κ3) is 4.19. The van der Waals surface area contributed by atoms with E-state index in [0.29, 0.717) is 18.7 Å². The highest BCUT2D eigenvalue weighted by molar-refractivity contribution is 6.42. The fraction of sp³-hybridized carbons (Fsp3) is 0.450. The Morgan fingerprint density at radius 2 is 2.00 bits per heavy atom. The van der Waals surface area contributed by atoms with E-state index >= 15 is 0 Å². The van der Waals surface area contributed by atoms with Gasteiger partial charge in [-0.2, -0.15) is 0 Å². The van der Waals surface area contributed by atoms with Gasteiger partial charge in [0.2, 0.25) is 5.78 Å². The lowest BCUT2D eigenvalue weighted by atomic mass is 9.96. The molecule has 0 saturated carbocycles. The van der Waals surface area contributed by atoms with Gasteiger partial charge in [0.05, 0.1) is 0 Å². The van der Waals surface area contributed by atoms with E-state index in [1.54, 1.807) is 29.2 Å². The van der Waals surface area contributed by atoms with Crippen molar-refractivity contribution in [3.05, 3.63) is 54.1 Å². The Kier molecular flexibility index (Phi) is 5.83. The summed E-state index contributed by atoms with van der Waals surface area (Å²) in [6.45, 7) is 2.99. The number of ketones is 1. The van der Waals surface area contributed by atoms with Crippen LogP contribution in [-0.2, 0) is 11.3 Å². The van der Waals surface area contributed by atoms with Crippen LogP contribution < -0.4 is 0 Å². The van der Waals surface area contributed by atoms with Gasteiger partial charge in [-0.15, -0.1) is 0 Å². The van der Waals surface area contributed by atoms with Gasteiger partial charge < -0.3 is 14.4 Å². The van der Waals surface area contributed by atoms with Crippen LogP contribution in [0.5, 0.6) is 0 Å². The second kappa shape index (κ2) is 8.27. The van der Waals surface area contributed by atoms with Gasteiger partial charge in [0.1, 0.15) is 5.82 Å². The number of hydrogen-bond donors (Lipinski definition) is 0. The summed E-state index contributed by atoms with van der Waals surface area (Å²) in [5.74, 6) is 0.347. The van der Waals surface area contributed by atoms with Crippen LogP contribution in [0, 0.1) is 0 Å². The average molecular weight is 354 g/mol. The Labute approximate surface area is 154 Å². The molecule has 0 radical (unpaired) electrons. The van der Waals surface area contributed by atoms with E-state index in [1.165, 1.54) is 0 Å². The molecule has 1 amide bonds. The molecule has 2 aromatic rings. The fourth-order valence-electron chi connectivity index (χ4n) is 3.41. The zero-order valence-corrected chi connectivity index (χ0v) is 15.5. The molecule has 1 aromatic carbocycles. The van der Waals surface area contributed by atoms with Crippen LogP contribution in [0.2, 0.25) is 0 Å². The third-order valence-electron chi connectivity index (χ3n) is 4.84. The minimum absolute atomic E-state index is 0.174. The highest BCUT2D eigenvalue weighted by Gasteiger charge is 2.30. The number of carbonyl (C=O) groups excluding carboxylic acids is 2. The van der Waals surface area contributed by atoms with E-state index in [2.05, 4.69) is 14.5 Å². The van der Waals surface area contributed by atoms with Crippen molar-refractivity contribution in [2.75, 3.05) is 33.7 Å². The number of hydrogen-bond acceptors (Lipinski definition) is 4. The Morgan fingerprint density at radius 1 is 1.23 bits per heavy atom. The van der Waals surface area contributed by atoms with Crippen molar-refractivity contribution < 1.29 is 9.59 Å². The number of imidazole rings is 1. The molecule has 1 aliphatic heterocycles. The number of aromatic nitrogens is 2. The van der Waals surface area contributed by atoms with Crippen LogP contribution in [0.4, 0.5) is 0 Å². The number of amides is 1. The summed E-state index contributed by atoms with van der Waals surface area (Å²) in [5, 5.41) is 0. The van der Waals surface area contributed by atoms with E-state index in [0.717, 1.165) is 31.8 Å². The van der Waals surface area contributed by atoms with Crippen LogP contribution in [0.15, 0.2) is 42.7 Å². The number of benzene rings is 1. The predicted molar refractivity (Wildman–Crippen MR) is 100 cm³/mol. The summed E-state index contributed by atoms with van der Waals surface area (Å²) in [7, 11) is 4.10. The molecule has 1 saturated heterocycles. The van der Waals surface area contributed by atoms with E-state index in [9.17, 15) is 9.59 Å². The molecule has 0 bridgehead atoms. The minimum Gasteiger partial charge on any atom is -0.335 e. The molecule has 6 heteroatoms. The summed E-state index contributed by atoms with van der Waals surface area (Å²) in [5.41, 5.74) is 0.451. The topological polar surface area (TPSA) is 58.4 Å². The van der Waals surface area contributed by atoms with E-state index in [1.807, 2.05) is 32.6 Å². The fourth-order valence-corrected chi connectivity index (χ4v) is 3.41. The smallest absolute Gasteiger partial charge is 0.294 e. The maximum Gasteiger partial charge on any atom is 0.294 e. The first-order chi connectivity index (χ1) is 12.6. The molecular weight excluding hydrogens is 328 g/mol. The third-order valence-corrected chi connectivity index (χ3v) is 4.84. The van der Waals surface area contributed by atoms with Crippen LogP contribution in [0.3, 0.4) is 0 Å². The average Bonchev–Trinajstić information content (AvgIpc) is 3.14. The van der Waals surface area contributed by atoms with Crippen molar-refractivity contribution in [1.29, 1.82) is 0 Å². The molecule has 1 fully saturated rings. The minimum atomic E-state index is -0.429. The van der Waals surface area contributed by atoms with Gasteiger partial charge in [-0.25, -0.2) is 4.98 Å². The summed E-state index contributed by atoms with van der Waals surface area (Å²) in [6, 6.07) is 8.78. The number of carbonyl (C=O) groups is 2. The molecular formula is C20H26N4O2. The molecule has 0 spiro atoms. The lowest BCUT2D eigenvalue weighted by Crippen LogP contribution is -2.43. The molecule has 0 unspecified atom stereocenters. The summed E-state index contributed by atoms with van der Waals surface area (Å²) in [4.78, 5) is 33.5. The monoisotopic (exact) mass is 354 g/mol. The Hall–Kier alpha value is -2.47. The van der Waals surface area contributed by atoms with Crippen molar-refractivity contribution in [3.8, 4) is 0 Å². The Bertz CT molecular complexity index is 754. The second-order valence-electron chi connectivity index (χ2n) is 7.07. The van der Waals surface area contributed by atoms with Crippen molar-refractivity contribution in [1.82, 2.24) is 19.4 Å². The summed E-state index contributed by atoms with van der Waals surface area (Å²) >= 11 is 0. The molecule has 1 aromatic heterocycles. The molecule has 26 heavy (non-hydrogen) atoms. The molecule has 1 aliphatic rings. The van der Waals surface area contributed by atoms with Gasteiger partial charge >= 0.3 is 0 Å². The van der Waals surface area contributed by atoms with Gasteiger partial charge in [0, 0.05) is 50.1 Å². The van der Waals surface area contributed by atoms with Crippen LogP contribution in [0.1, 0.15) is 34.9 Å². The Morgan fingerprint density at radius 3 is 2.73 bits per heavy atom. The number of piperidine rings is 1. The van der Waals surface area contributed by atoms with E-state index in [4.69, 9.17) is 0 Å². The molecule has 1 atom stereocenters. The number of Topliss-reactive ketones (excluding diaryl/α,β-unsaturated/α-hetero) is 1. The lowest BCUT2D eigenvalue weighted by Gasteiger charge is -2.32. The van der Waals surface area contributed by atoms with Crippen LogP contribution in [-0.4, -0.2) is 64.8 Å². The summed E-state index contributed by atoms with van der Waals surface area (Å²) in [6.07, 6.45) is 5.69. The van der Waals surface area contributed by atoms with Gasteiger partial charge in [-0.1, -0.05) is 30.3 Å².